The fourth-order valence-corrected chi connectivity index (χ4v) is 2.60. The summed E-state index contributed by atoms with van der Waals surface area (Å²) < 4.78 is 11.2. The van der Waals surface area contributed by atoms with Gasteiger partial charge in [-0.3, -0.25) is 9.59 Å². The summed E-state index contributed by atoms with van der Waals surface area (Å²) in [7, 11) is 0. The molecular weight excluding hydrogens is 368 g/mol. The van der Waals surface area contributed by atoms with Gasteiger partial charge in [-0.15, -0.1) is 0 Å². The molecule has 6 heteroatoms. The van der Waals surface area contributed by atoms with Crippen LogP contribution in [0.4, 0.5) is 11.4 Å². The van der Waals surface area contributed by atoms with Gasteiger partial charge in [0, 0.05) is 18.3 Å². The molecule has 0 aromatic heterocycles. The van der Waals surface area contributed by atoms with Gasteiger partial charge in [0.2, 0.25) is 5.91 Å². The zero-order chi connectivity index (χ0) is 20.5. The van der Waals surface area contributed by atoms with Gasteiger partial charge in [0.05, 0.1) is 0 Å². The molecule has 0 heterocycles. The van der Waals surface area contributed by atoms with Gasteiger partial charge in [-0.05, 0) is 48.0 Å². The summed E-state index contributed by atoms with van der Waals surface area (Å²) in [5.41, 5.74) is 2.28. The Bertz CT molecular complexity index is 956. The highest BCUT2D eigenvalue weighted by Gasteiger charge is 2.05. The van der Waals surface area contributed by atoms with Gasteiger partial charge in [-0.2, -0.15) is 0 Å². The molecule has 0 fully saturated rings. The minimum absolute atomic E-state index is 0.130. The van der Waals surface area contributed by atoms with E-state index >= 15 is 0 Å². The van der Waals surface area contributed by atoms with Crippen molar-refractivity contribution in [2.75, 3.05) is 17.2 Å². The Kier molecular flexibility index (Phi) is 6.84. The van der Waals surface area contributed by atoms with Gasteiger partial charge in [0.15, 0.2) is 6.61 Å². The quantitative estimate of drug-likeness (QED) is 0.603. The molecule has 2 N–H and O–H groups in total. The van der Waals surface area contributed by atoms with Gasteiger partial charge < -0.3 is 20.1 Å². The lowest BCUT2D eigenvalue weighted by Crippen LogP contribution is -2.20. The summed E-state index contributed by atoms with van der Waals surface area (Å²) in [4.78, 5) is 23.2. The summed E-state index contributed by atoms with van der Waals surface area (Å²) in [5.74, 6) is 0.821. The van der Waals surface area contributed by atoms with E-state index < -0.39 is 0 Å². The lowest BCUT2D eigenvalue weighted by molar-refractivity contribution is -0.118. The molecule has 0 aliphatic carbocycles. The second kappa shape index (κ2) is 9.94. The number of benzene rings is 3. The minimum atomic E-state index is -0.297. The molecule has 0 atom stereocenters. The van der Waals surface area contributed by atoms with Crippen molar-refractivity contribution in [2.45, 2.75) is 13.5 Å². The highest BCUT2D eigenvalue weighted by atomic mass is 16.5. The number of ether oxygens (including phenoxy) is 2. The van der Waals surface area contributed by atoms with E-state index in [1.165, 1.54) is 6.92 Å². The molecule has 0 radical (unpaired) electrons. The minimum Gasteiger partial charge on any atom is -0.489 e. The topological polar surface area (TPSA) is 76.7 Å². The summed E-state index contributed by atoms with van der Waals surface area (Å²) in [6.07, 6.45) is 0. The molecule has 0 bridgehead atoms. The molecule has 0 saturated heterocycles. The molecule has 3 aromatic rings. The average molecular weight is 390 g/mol. The summed E-state index contributed by atoms with van der Waals surface area (Å²) >= 11 is 0. The first-order chi connectivity index (χ1) is 14.1. The highest BCUT2D eigenvalue weighted by molar-refractivity contribution is 5.94. The fourth-order valence-electron chi connectivity index (χ4n) is 2.60. The van der Waals surface area contributed by atoms with Crippen molar-refractivity contribution in [1.82, 2.24) is 0 Å². The number of hydrogen-bond donors (Lipinski definition) is 2. The number of hydrogen-bond acceptors (Lipinski definition) is 4. The normalized spacial score (nSPS) is 10.1. The van der Waals surface area contributed by atoms with Gasteiger partial charge in [-0.1, -0.05) is 36.4 Å². The number of rotatable bonds is 8. The van der Waals surface area contributed by atoms with Gasteiger partial charge >= 0.3 is 0 Å². The predicted molar refractivity (Wildman–Crippen MR) is 112 cm³/mol. The maximum absolute atomic E-state index is 12.1. The molecule has 0 saturated carbocycles. The van der Waals surface area contributed by atoms with Crippen LogP contribution in [0.3, 0.4) is 0 Å². The Balaban J connectivity index is 1.46. The maximum Gasteiger partial charge on any atom is 0.262 e. The first-order valence-electron chi connectivity index (χ1n) is 9.15. The Morgan fingerprint density at radius 2 is 1.38 bits per heavy atom. The number of carbonyl (C=O) groups excluding carboxylic acids is 2. The molecule has 0 spiro atoms. The molecule has 0 aliphatic heterocycles. The molecule has 148 valence electrons. The van der Waals surface area contributed by atoms with Crippen LogP contribution >= 0.6 is 0 Å². The Hall–Kier alpha value is -3.80. The molecule has 3 aromatic carbocycles. The van der Waals surface area contributed by atoms with Crippen molar-refractivity contribution in [2.24, 2.45) is 0 Å². The summed E-state index contributed by atoms with van der Waals surface area (Å²) in [5, 5.41) is 5.40. The van der Waals surface area contributed by atoms with Crippen LogP contribution in [0.15, 0.2) is 78.9 Å². The average Bonchev–Trinajstić information content (AvgIpc) is 2.72. The first-order valence-corrected chi connectivity index (χ1v) is 9.15. The van der Waals surface area contributed by atoms with E-state index in [1.54, 1.807) is 48.5 Å². The zero-order valence-electron chi connectivity index (χ0n) is 16.1. The van der Waals surface area contributed by atoms with Crippen LogP contribution < -0.4 is 20.1 Å². The van der Waals surface area contributed by atoms with Crippen molar-refractivity contribution in [3.8, 4) is 11.5 Å². The van der Waals surface area contributed by atoms with Crippen LogP contribution in [-0.4, -0.2) is 18.4 Å². The molecule has 29 heavy (non-hydrogen) atoms. The van der Waals surface area contributed by atoms with Gasteiger partial charge in [-0.25, -0.2) is 0 Å². The number of nitrogens with one attached hydrogen (secondary N) is 2. The largest absolute Gasteiger partial charge is 0.489 e. The predicted octanol–water partition coefficient (Wildman–Crippen LogP) is 4.24. The number of amides is 2. The molecule has 0 aliphatic rings. The van der Waals surface area contributed by atoms with Crippen molar-refractivity contribution in [1.29, 1.82) is 0 Å². The molecule has 2 amide bonds. The van der Waals surface area contributed by atoms with Gasteiger partial charge in [0.25, 0.3) is 5.91 Å². The van der Waals surface area contributed by atoms with Crippen LogP contribution in [-0.2, 0) is 16.2 Å². The van der Waals surface area contributed by atoms with Crippen LogP contribution in [0, 0.1) is 0 Å². The fraction of sp³-hybridized carbons (Fsp3) is 0.130. The number of carbonyl (C=O) groups is 2. The van der Waals surface area contributed by atoms with E-state index in [2.05, 4.69) is 10.6 Å². The van der Waals surface area contributed by atoms with E-state index in [-0.39, 0.29) is 18.4 Å². The Morgan fingerprint density at radius 1 is 0.759 bits per heavy atom. The first kappa shape index (κ1) is 19.9. The summed E-state index contributed by atoms with van der Waals surface area (Å²) in [6.45, 7) is 1.78. The SMILES string of the molecule is CC(=O)Nc1cccc(NC(=O)COc2ccc(OCc3ccccc3)cc2)c1. The summed E-state index contributed by atoms with van der Waals surface area (Å²) in [6, 6.07) is 23.9. The van der Waals surface area contributed by atoms with Crippen LogP contribution in [0.2, 0.25) is 0 Å². The van der Waals surface area contributed by atoms with Crippen LogP contribution in [0.25, 0.3) is 0 Å². The standard InChI is InChI=1S/C23H22N2O4/c1-17(26)24-19-8-5-9-20(14-19)25-23(27)16-29-22-12-10-21(11-13-22)28-15-18-6-3-2-4-7-18/h2-14H,15-16H2,1H3,(H,24,26)(H,25,27). The third-order valence-corrected chi connectivity index (χ3v) is 3.91. The molecule has 0 unspecified atom stereocenters. The van der Waals surface area contributed by atoms with E-state index in [1.807, 2.05) is 30.3 Å². The lowest BCUT2D eigenvalue weighted by Gasteiger charge is -2.10. The monoisotopic (exact) mass is 390 g/mol. The molecule has 3 rings (SSSR count). The van der Waals surface area contributed by atoms with E-state index in [0.29, 0.717) is 23.7 Å². The second-order valence-corrected chi connectivity index (χ2v) is 6.34. The highest BCUT2D eigenvalue weighted by Crippen LogP contribution is 2.19. The van der Waals surface area contributed by atoms with Gasteiger partial charge in [0.1, 0.15) is 18.1 Å². The van der Waals surface area contributed by atoms with E-state index in [0.717, 1.165) is 11.3 Å². The third kappa shape index (κ3) is 6.70. The second-order valence-electron chi connectivity index (χ2n) is 6.34. The lowest BCUT2D eigenvalue weighted by atomic mass is 10.2. The van der Waals surface area contributed by atoms with Crippen molar-refractivity contribution < 1.29 is 19.1 Å². The van der Waals surface area contributed by atoms with Crippen LogP contribution in [0.1, 0.15) is 12.5 Å². The van der Waals surface area contributed by atoms with E-state index in [4.69, 9.17) is 9.47 Å². The molecular formula is C23H22N2O4. The molecule has 6 nitrogen and oxygen atoms in total. The smallest absolute Gasteiger partial charge is 0.262 e. The Labute approximate surface area is 169 Å². The number of anilines is 2. The third-order valence-electron chi connectivity index (χ3n) is 3.91. The Morgan fingerprint density at radius 3 is 2.03 bits per heavy atom. The van der Waals surface area contributed by atoms with E-state index in [9.17, 15) is 9.59 Å². The van der Waals surface area contributed by atoms with Crippen LogP contribution in [0.5, 0.6) is 11.5 Å². The van der Waals surface area contributed by atoms with Crippen molar-refractivity contribution >= 4 is 23.2 Å². The zero-order valence-corrected chi connectivity index (χ0v) is 16.1. The van der Waals surface area contributed by atoms with Crippen molar-refractivity contribution in [3.05, 3.63) is 84.4 Å². The van der Waals surface area contributed by atoms with Crippen molar-refractivity contribution in [3.63, 3.8) is 0 Å². The maximum atomic E-state index is 12.1.